The van der Waals surface area contributed by atoms with Crippen LogP contribution in [0.3, 0.4) is 0 Å². The SMILES string of the molecule is COc1ccc2c(c1)C1(CN2C)C(c2ccccc2)CC(C)C1c1ccccc1. The molecule has 3 aromatic rings. The molecule has 148 valence electrons. The highest BCUT2D eigenvalue weighted by Gasteiger charge is 2.59. The van der Waals surface area contributed by atoms with E-state index in [0.717, 1.165) is 12.3 Å². The highest BCUT2D eigenvalue weighted by Crippen LogP contribution is 2.65. The van der Waals surface area contributed by atoms with Crippen LogP contribution in [-0.2, 0) is 5.41 Å². The lowest BCUT2D eigenvalue weighted by molar-refractivity contribution is 0.354. The second-order valence-corrected chi connectivity index (χ2v) is 8.84. The highest BCUT2D eigenvalue weighted by atomic mass is 16.5. The Labute approximate surface area is 174 Å². The minimum Gasteiger partial charge on any atom is -0.497 e. The van der Waals surface area contributed by atoms with Gasteiger partial charge < -0.3 is 9.64 Å². The van der Waals surface area contributed by atoms with Crippen molar-refractivity contribution in [3.63, 3.8) is 0 Å². The Morgan fingerprint density at radius 1 is 0.897 bits per heavy atom. The number of hydrogen-bond donors (Lipinski definition) is 0. The maximum absolute atomic E-state index is 5.67. The Kier molecular flexibility index (Phi) is 4.38. The number of likely N-dealkylation sites (N-methyl/N-ethyl adjacent to an activating group) is 1. The van der Waals surface area contributed by atoms with Gasteiger partial charge in [-0.05, 0) is 59.1 Å². The van der Waals surface area contributed by atoms with Crippen LogP contribution in [0.4, 0.5) is 5.69 Å². The van der Waals surface area contributed by atoms with Crippen LogP contribution in [0.2, 0.25) is 0 Å². The lowest BCUT2D eigenvalue weighted by atomic mass is 9.64. The molecular weight excluding hydrogens is 354 g/mol. The molecule has 5 rings (SSSR count). The first-order valence-corrected chi connectivity index (χ1v) is 10.6. The van der Waals surface area contributed by atoms with E-state index in [1.54, 1.807) is 7.11 Å². The Bertz CT molecular complexity index is 1000. The number of fused-ring (bicyclic) bond motifs is 2. The van der Waals surface area contributed by atoms with E-state index in [-0.39, 0.29) is 5.41 Å². The lowest BCUT2D eigenvalue weighted by Gasteiger charge is -2.39. The fourth-order valence-corrected chi connectivity index (χ4v) is 6.32. The number of anilines is 1. The average Bonchev–Trinajstić information content (AvgIpc) is 3.22. The molecule has 2 heteroatoms. The van der Waals surface area contributed by atoms with Crippen molar-refractivity contribution in [1.29, 1.82) is 0 Å². The summed E-state index contributed by atoms with van der Waals surface area (Å²) in [6, 6.07) is 29.0. The van der Waals surface area contributed by atoms with Gasteiger partial charge in [0.05, 0.1) is 7.11 Å². The highest BCUT2D eigenvalue weighted by molar-refractivity contribution is 5.67. The van der Waals surface area contributed by atoms with Gasteiger partial charge >= 0.3 is 0 Å². The predicted molar refractivity (Wildman–Crippen MR) is 120 cm³/mol. The summed E-state index contributed by atoms with van der Waals surface area (Å²) in [6.07, 6.45) is 1.20. The first-order chi connectivity index (χ1) is 14.1. The van der Waals surface area contributed by atoms with Crippen molar-refractivity contribution in [1.82, 2.24) is 0 Å². The standard InChI is InChI=1S/C27H29NO/c1-19-16-23(20-10-6-4-7-11-20)27(26(19)21-12-8-5-9-13-21)18-28(2)25-15-14-22(29-3)17-24(25)27/h4-15,17,19,23,26H,16,18H2,1-3H3. The summed E-state index contributed by atoms with van der Waals surface area (Å²) in [4.78, 5) is 2.46. The molecular formula is C27H29NO. The van der Waals surface area contributed by atoms with E-state index >= 15 is 0 Å². The van der Waals surface area contributed by atoms with E-state index in [0.29, 0.717) is 17.8 Å². The molecule has 1 saturated carbocycles. The van der Waals surface area contributed by atoms with Gasteiger partial charge in [0.25, 0.3) is 0 Å². The lowest BCUT2D eigenvalue weighted by Crippen LogP contribution is -2.39. The van der Waals surface area contributed by atoms with Crippen molar-refractivity contribution in [2.24, 2.45) is 5.92 Å². The van der Waals surface area contributed by atoms with Crippen LogP contribution in [0.15, 0.2) is 78.9 Å². The van der Waals surface area contributed by atoms with Gasteiger partial charge in [0, 0.05) is 24.7 Å². The molecule has 1 aliphatic heterocycles. The number of ether oxygens (including phenoxy) is 1. The van der Waals surface area contributed by atoms with Gasteiger partial charge in [0.1, 0.15) is 5.75 Å². The minimum atomic E-state index is 0.0424. The second kappa shape index (κ2) is 6.95. The molecule has 1 spiro atoms. The van der Waals surface area contributed by atoms with Crippen LogP contribution in [0.1, 0.15) is 41.9 Å². The Balaban J connectivity index is 1.77. The van der Waals surface area contributed by atoms with E-state index in [1.165, 1.54) is 28.8 Å². The summed E-state index contributed by atoms with van der Waals surface area (Å²) in [5, 5.41) is 0. The first kappa shape index (κ1) is 18.3. The number of rotatable bonds is 3. The molecule has 0 bridgehead atoms. The third-order valence-electron chi connectivity index (χ3n) is 7.33. The Hall–Kier alpha value is -2.74. The Morgan fingerprint density at radius 3 is 2.21 bits per heavy atom. The molecule has 2 aliphatic rings. The summed E-state index contributed by atoms with van der Waals surface area (Å²) in [6.45, 7) is 3.49. The fraction of sp³-hybridized carbons (Fsp3) is 0.333. The average molecular weight is 384 g/mol. The molecule has 0 saturated heterocycles. The van der Waals surface area contributed by atoms with Crippen molar-refractivity contribution in [3.8, 4) is 5.75 Å². The topological polar surface area (TPSA) is 12.5 Å². The summed E-state index contributed by atoms with van der Waals surface area (Å²) < 4.78 is 5.67. The third kappa shape index (κ3) is 2.69. The molecule has 0 aromatic heterocycles. The summed E-state index contributed by atoms with van der Waals surface area (Å²) in [7, 11) is 4.01. The van der Waals surface area contributed by atoms with Crippen molar-refractivity contribution < 1.29 is 4.74 Å². The molecule has 0 N–H and O–H groups in total. The van der Waals surface area contributed by atoms with Crippen LogP contribution >= 0.6 is 0 Å². The molecule has 29 heavy (non-hydrogen) atoms. The van der Waals surface area contributed by atoms with Crippen molar-refractivity contribution >= 4 is 5.69 Å². The molecule has 0 amide bonds. The second-order valence-electron chi connectivity index (χ2n) is 8.84. The number of nitrogens with zero attached hydrogens (tertiary/aromatic N) is 1. The van der Waals surface area contributed by atoms with Crippen LogP contribution in [-0.4, -0.2) is 20.7 Å². The van der Waals surface area contributed by atoms with Gasteiger partial charge in [0.15, 0.2) is 0 Å². The Morgan fingerprint density at radius 2 is 1.55 bits per heavy atom. The summed E-state index contributed by atoms with van der Waals surface area (Å²) in [5.41, 5.74) is 5.76. The molecule has 3 aromatic carbocycles. The predicted octanol–water partition coefficient (Wildman–Crippen LogP) is 5.99. The molecule has 0 radical (unpaired) electrons. The van der Waals surface area contributed by atoms with Gasteiger partial charge in [0.2, 0.25) is 0 Å². The first-order valence-electron chi connectivity index (χ1n) is 10.6. The summed E-state index contributed by atoms with van der Waals surface area (Å²) in [5.74, 6) is 2.52. The zero-order chi connectivity index (χ0) is 20.0. The zero-order valence-corrected chi connectivity index (χ0v) is 17.5. The molecule has 2 nitrogen and oxygen atoms in total. The van der Waals surface area contributed by atoms with Crippen molar-refractivity contribution in [2.75, 3.05) is 25.6 Å². The maximum Gasteiger partial charge on any atom is 0.119 e. The molecule has 4 atom stereocenters. The van der Waals surface area contributed by atoms with E-state index in [9.17, 15) is 0 Å². The fourth-order valence-electron chi connectivity index (χ4n) is 6.32. The van der Waals surface area contributed by atoms with Crippen LogP contribution < -0.4 is 9.64 Å². The third-order valence-corrected chi connectivity index (χ3v) is 7.33. The van der Waals surface area contributed by atoms with E-state index in [2.05, 4.69) is 97.7 Å². The van der Waals surface area contributed by atoms with Gasteiger partial charge in [-0.2, -0.15) is 0 Å². The van der Waals surface area contributed by atoms with Crippen LogP contribution in [0, 0.1) is 5.92 Å². The minimum absolute atomic E-state index is 0.0424. The van der Waals surface area contributed by atoms with E-state index < -0.39 is 0 Å². The van der Waals surface area contributed by atoms with Gasteiger partial charge in [-0.1, -0.05) is 67.6 Å². The monoisotopic (exact) mass is 383 g/mol. The largest absolute Gasteiger partial charge is 0.497 e. The van der Waals surface area contributed by atoms with E-state index in [4.69, 9.17) is 4.74 Å². The zero-order valence-electron chi connectivity index (χ0n) is 17.5. The van der Waals surface area contributed by atoms with Gasteiger partial charge in [-0.3, -0.25) is 0 Å². The van der Waals surface area contributed by atoms with Crippen LogP contribution in [0.5, 0.6) is 5.75 Å². The molecule has 1 fully saturated rings. The molecule has 4 unspecified atom stereocenters. The number of hydrogen-bond acceptors (Lipinski definition) is 2. The number of methoxy groups -OCH3 is 1. The molecule has 1 aliphatic carbocycles. The van der Waals surface area contributed by atoms with E-state index in [1.807, 2.05) is 0 Å². The van der Waals surface area contributed by atoms with Crippen molar-refractivity contribution in [2.45, 2.75) is 30.6 Å². The van der Waals surface area contributed by atoms with Crippen molar-refractivity contribution in [3.05, 3.63) is 95.6 Å². The smallest absolute Gasteiger partial charge is 0.119 e. The maximum atomic E-state index is 5.67. The summed E-state index contributed by atoms with van der Waals surface area (Å²) >= 11 is 0. The molecule has 1 heterocycles. The van der Waals surface area contributed by atoms with Gasteiger partial charge in [-0.25, -0.2) is 0 Å². The quantitative estimate of drug-likeness (QED) is 0.551. The van der Waals surface area contributed by atoms with Gasteiger partial charge in [-0.15, -0.1) is 0 Å². The normalized spacial score (nSPS) is 28.0. The number of benzene rings is 3. The van der Waals surface area contributed by atoms with Crippen LogP contribution in [0.25, 0.3) is 0 Å².